The standard InChI is InChI=1S/C17H25N3O4/c1-5-18-15(21)10-20(6-2)11-16(22)19-14-9-13(17(23)24-4)8-7-12(14)3/h7-9H,5-6,10-11H2,1-4H3,(H,18,21)(H,19,22)/p+1. The number of hydrogen-bond acceptors (Lipinski definition) is 4. The molecule has 0 saturated heterocycles. The first-order valence-electron chi connectivity index (χ1n) is 8.00. The van der Waals surface area contributed by atoms with Crippen molar-refractivity contribution in [3.8, 4) is 0 Å². The van der Waals surface area contributed by atoms with Gasteiger partial charge in [0, 0.05) is 12.2 Å². The summed E-state index contributed by atoms with van der Waals surface area (Å²) in [6.07, 6.45) is 0. The fourth-order valence-corrected chi connectivity index (χ4v) is 2.22. The summed E-state index contributed by atoms with van der Waals surface area (Å²) in [5.41, 5.74) is 1.79. The first-order valence-corrected chi connectivity index (χ1v) is 8.00. The van der Waals surface area contributed by atoms with E-state index in [2.05, 4.69) is 15.4 Å². The van der Waals surface area contributed by atoms with E-state index in [9.17, 15) is 14.4 Å². The van der Waals surface area contributed by atoms with Crippen LogP contribution in [-0.2, 0) is 14.3 Å². The first-order chi connectivity index (χ1) is 11.4. The number of likely N-dealkylation sites (N-methyl/N-ethyl adjacent to an activating group) is 2. The molecule has 132 valence electrons. The Balaban J connectivity index is 2.72. The van der Waals surface area contributed by atoms with E-state index in [0.717, 1.165) is 10.5 Å². The Morgan fingerprint density at radius 2 is 1.79 bits per heavy atom. The molecule has 7 heteroatoms. The molecule has 3 N–H and O–H groups in total. The van der Waals surface area contributed by atoms with Gasteiger partial charge in [0.1, 0.15) is 0 Å². The lowest BCUT2D eigenvalue weighted by molar-refractivity contribution is -0.881. The predicted octanol–water partition coefficient (Wildman–Crippen LogP) is -0.239. The number of carbonyl (C=O) groups is 3. The number of amides is 2. The van der Waals surface area contributed by atoms with Crippen molar-refractivity contribution in [3.63, 3.8) is 0 Å². The number of benzene rings is 1. The summed E-state index contributed by atoms with van der Waals surface area (Å²) in [6, 6.07) is 4.99. The molecule has 0 aliphatic heterocycles. The predicted molar refractivity (Wildman–Crippen MR) is 91.1 cm³/mol. The summed E-state index contributed by atoms with van der Waals surface area (Å²) >= 11 is 0. The zero-order valence-corrected chi connectivity index (χ0v) is 14.7. The van der Waals surface area contributed by atoms with Crippen LogP contribution in [0.25, 0.3) is 0 Å². The van der Waals surface area contributed by atoms with Crippen LogP contribution in [0.3, 0.4) is 0 Å². The van der Waals surface area contributed by atoms with E-state index in [1.807, 2.05) is 20.8 Å². The van der Waals surface area contributed by atoms with Gasteiger partial charge in [-0.2, -0.15) is 0 Å². The Morgan fingerprint density at radius 1 is 1.12 bits per heavy atom. The lowest BCUT2D eigenvalue weighted by Gasteiger charge is -2.17. The average Bonchev–Trinajstić information content (AvgIpc) is 2.55. The van der Waals surface area contributed by atoms with Gasteiger partial charge in [0.2, 0.25) is 0 Å². The normalized spacial score (nSPS) is 11.5. The highest BCUT2D eigenvalue weighted by atomic mass is 16.5. The molecule has 0 aliphatic rings. The smallest absolute Gasteiger partial charge is 0.337 e. The van der Waals surface area contributed by atoms with Crippen LogP contribution in [0.4, 0.5) is 5.69 Å². The van der Waals surface area contributed by atoms with Gasteiger partial charge in [0.15, 0.2) is 13.1 Å². The fourth-order valence-electron chi connectivity index (χ4n) is 2.22. The summed E-state index contributed by atoms with van der Waals surface area (Å²) in [5.74, 6) is -0.741. The fraction of sp³-hybridized carbons (Fsp3) is 0.471. The van der Waals surface area contributed by atoms with E-state index in [1.54, 1.807) is 18.2 Å². The van der Waals surface area contributed by atoms with E-state index >= 15 is 0 Å². The van der Waals surface area contributed by atoms with Crippen molar-refractivity contribution < 1.29 is 24.0 Å². The molecular formula is C17H26N3O4+. The number of aryl methyl sites for hydroxylation is 1. The maximum atomic E-state index is 12.2. The Morgan fingerprint density at radius 3 is 2.38 bits per heavy atom. The minimum Gasteiger partial charge on any atom is -0.465 e. The Hall–Kier alpha value is -2.41. The van der Waals surface area contributed by atoms with Crippen molar-refractivity contribution in [2.45, 2.75) is 20.8 Å². The molecule has 2 amide bonds. The zero-order chi connectivity index (χ0) is 18.1. The molecule has 0 fully saturated rings. The third-order valence-electron chi connectivity index (χ3n) is 3.63. The van der Waals surface area contributed by atoms with Crippen LogP contribution in [-0.4, -0.2) is 51.1 Å². The molecule has 1 aromatic carbocycles. The molecule has 0 spiro atoms. The third kappa shape index (κ3) is 6.00. The summed E-state index contributed by atoms with van der Waals surface area (Å²) < 4.78 is 4.68. The number of nitrogens with one attached hydrogen (secondary N) is 3. The summed E-state index contributed by atoms with van der Waals surface area (Å²) in [6.45, 7) is 7.27. The number of methoxy groups -OCH3 is 1. The highest BCUT2D eigenvalue weighted by Gasteiger charge is 2.17. The van der Waals surface area contributed by atoms with Gasteiger partial charge < -0.3 is 20.3 Å². The third-order valence-corrected chi connectivity index (χ3v) is 3.63. The van der Waals surface area contributed by atoms with Crippen LogP contribution in [0.2, 0.25) is 0 Å². The number of quaternary nitrogens is 1. The van der Waals surface area contributed by atoms with Gasteiger partial charge in [-0.25, -0.2) is 4.79 Å². The summed E-state index contributed by atoms with van der Waals surface area (Å²) in [5, 5.41) is 5.53. The topological polar surface area (TPSA) is 88.9 Å². The SMILES string of the molecule is CCNC(=O)C[NH+](CC)CC(=O)Nc1cc(C(=O)OC)ccc1C. The van der Waals surface area contributed by atoms with Crippen molar-refractivity contribution >= 4 is 23.5 Å². The van der Waals surface area contributed by atoms with Crippen LogP contribution in [0.1, 0.15) is 29.8 Å². The average molecular weight is 336 g/mol. The second kappa shape index (κ2) is 9.67. The molecular weight excluding hydrogens is 310 g/mol. The van der Waals surface area contributed by atoms with Gasteiger partial charge >= 0.3 is 5.97 Å². The molecule has 1 atom stereocenters. The van der Waals surface area contributed by atoms with Crippen LogP contribution in [0.15, 0.2) is 18.2 Å². The number of esters is 1. The van der Waals surface area contributed by atoms with Gasteiger partial charge in [-0.15, -0.1) is 0 Å². The summed E-state index contributed by atoms with van der Waals surface area (Å²) in [7, 11) is 1.31. The molecule has 1 aromatic rings. The Labute approximate surface area is 142 Å². The van der Waals surface area contributed by atoms with E-state index in [1.165, 1.54) is 7.11 Å². The number of anilines is 1. The van der Waals surface area contributed by atoms with Crippen LogP contribution in [0, 0.1) is 6.92 Å². The number of ether oxygens (including phenoxy) is 1. The zero-order valence-electron chi connectivity index (χ0n) is 14.7. The monoisotopic (exact) mass is 336 g/mol. The minimum atomic E-state index is -0.456. The molecule has 0 saturated carbocycles. The van der Waals surface area contributed by atoms with E-state index in [-0.39, 0.29) is 24.9 Å². The lowest BCUT2D eigenvalue weighted by atomic mass is 10.1. The van der Waals surface area contributed by atoms with Crippen molar-refractivity contribution in [3.05, 3.63) is 29.3 Å². The van der Waals surface area contributed by atoms with Crippen LogP contribution in [0.5, 0.6) is 0 Å². The molecule has 0 radical (unpaired) electrons. The highest BCUT2D eigenvalue weighted by Crippen LogP contribution is 2.17. The van der Waals surface area contributed by atoms with Gasteiger partial charge in [0.05, 0.1) is 19.2 Å². The van der Waals surface area contributed by atoms with Gasteiger partial charge in [-0.1, -0.05) is 6.07 Å². The van der Waals surface area contributed by atoms with E-state index in [0.29, 0.717) is 24.3 Å². The van der Waals surface area contributed by atoms with E-state index in [4.69, 9.17) is 0 Å². The number of carbonyl (C=O) groups excluding carboxylic acids is 3. The molecule has 1 unspecified atom stereocenters. The minimum absolute atomic E-state index is 0.0778. The number of rotatable bonds is 8. The molecule has 24 heavy (non-hydrogen) atoms. The second-order valence-electron chi connectivity index (χ2n) is 5.48. The molecule has 0 aromatic heterocycles. The lowest BCUT2D eigenvalue weighted by Crippen LogP contribution is -3.14. The molecule has 7 nitrogen and oxygen atoms in total. The maximum absolute atomic E-state index is 12.2. The Kier molecular flexibility index (Phi) is 7.91. The van der Waals surface area contributed by atoms with Crippen molar-refractivity contribution in [2.24, 2.45) is 0 Å². The van der Waals surface area contributed by atoms with Crippen LogP contribution >= 0.6 is 0 Å². The summed E-state index contributed by atoms with van der Waals surface area (Å²) in [4.78, 5) is 36.3. The van der Waals surface area contributed by atoms with Gasteiger partial charge in [0.25, 0.3) is 11.8 Å². The van der Waals surface area contributed by atoms with Crippen molar-refractivity contribution in [2.75, 3.05) is 38.6 Å². The molecule has 0 heterocycles. The maximum Gasteiger partial charge on any atom is 0.337 e. The highest BCUT2D eigenvalue weighted by molar-refractivity contribution is 5.95. The van der Waals surface area contributed by atoms with Gasteiger partial charge in [-0.3, -0.25) is 9.59 Å². The number of hydrogen-bond donors (Lipinski definition) is 3. The van der Waals surface area contributed by atoms with Crippen molar-refractivity contribution in [1.82, 2.24) is 5.32 Å². The quantitative estimate of drug-likeness (QED) is 0.572. The molecule has 0 bridgehead atoms. The first kappa shape index (κ1) is 19.6. The largest absolute Gasteiger partial charge is 0.465 e. The molecule has 0 aliphatic carbocycles. The van der Waals surface area contributed by atoms with Gasteiger partial charge in [-0.05, 0) is 38.5 Å². The second-order valence-corrected chi connectivity index (χ2v) is 5.48. The van der Waals surface area contributed by atoms with E-state index < -0.39 is 5.97 Å². The Bertz CT molecular complexity index is 601. The van der Waals surface area contributed by atoms with Crippen LogP contribution < -0.4 is 15.5 Å². The molecule has 1 rings (SSSR count). The van der Waals surface area contributed by atoms with Crippen molar-refractivity contribution in [1.29, 1.82) is 0 Å².